The highest BCUT2D eigenvalue weighted by Crippen LogP contribution is 2.05. The van der Waals surface area contributed by atoms with Gasteiger partial charge in [-0.15, -0.1) is 0 Å². The van der Waals surface area contributed by atoms with Crippen LogP contribution in [0.25, 0.3) is 0 Å². The molecule has 0 saturated carbocycles. The molecule has 0 unspecified atom stereocenters. The van der Waals surface area contributed by atoms with Gasteiger partial charge in [0.05, 0.1) is 0 Å². The Kier molecular flexibility index (Phi) is 6.43. The quantitative estimate of drug-likeness (QED) is 0.658. The summed E-state index contributed by atoms with van der Waals surface area (Å²) in [6.07, 6.45) is 0. The van der Waals surface area contributed by atoms with Crippen LogP contribution in [0, 0.1) is 0 Å². The van der Waals surface area contributed by atoms with Crippen molar-refractivity contribution in [3.05, 3.63) is 30.3 Å². The molecular weight excluding hydrogens is 138 g/mol. The van der Waals surface area contributed by atoms with Crippen LogP contribution in [0.1, 0.15) is 13.8 Å². The first kappa shape index (κ1) is 9.98. The largest absolute Gasteiger partial charge is 0.409 e. The molecule has 11 heavy (non-hydrogen) atoms. The van der Waals surface area contributed by atoms with E-state index in [1.165, 1.54) is 0 Å². The molecule has 0 aromatic heterocycles. The van der Waals surface area contributed by atoms with Crippen molar-refractivity contribution in [1.82, 2.24) is 5.48 Å². The molecule has 0 atom stereocenters. The van der Waals surface area contributed by atoms with E-state index in [4.69, 9.17) is 4.84 Å². The van der Waals surface area contributed by atoms with E-state index in [0.717, 1.165) is 5.75 Å². The molecule has 2 heteroatoms. The first-order valence-corrected chi connectivity index (χ1v) is 3.82. The molecule has 1 N–H and O–H groups in total. The van der Waals surface area contributed by atoms with E-state index in [0.29, 0.717) is 0 Å². The lowest BCUT2D eigenvalue weighted by atomic mass is 10.3. The molecule has 0 aliphatic rings. The average Bonchev–Trinajstić information content (AvgIpc) is 2.11. The third-order valence-corrected chi connectivity index (χ3v) is 0.963. The van der Waals surface area contributed by atoms with Crippen molar-refractivity contribution < 1.29 is 4.84 Å². The van der Waals surface area contributed by atoms with Crippen LogP contribution in [0.15, 0.2) is 30.3 Å². The molecule has 0 amide bonds. The zero-order chi connectivity index (χ0) is 8.53. The maximum Gasteiger partial charge on any atom is 0.147 e. The molecule has 1 rings (SSSR count). The Morgan fingerprint density at radius 2 is 1.64 bits per heavy atom. The molecule has 1 aromatic carbocycles. The Bertz CT molecular complexity index is 162. The van der Waals surface area contributed by atoms with Crippen LogP contribution in [-0.2, 0) is 0 Å². The topological polar surface area (TPSA) is 21.3 Å². The van der Waals surface area contributed by atoms with E-state index in [1.807, 2.05) is 44.2 Å². The van der Waals surface area contributed by atoms with Crippen LogP contribution in [0.5, 0.6) is 5.75 Å². The molecule has 62 valence electrons. The van der Waals surface area contributed by atoms with Crippen molar-refractivity contribution in [1.29, 1.82) is 0 Å². The van der Waals surface area contributed by atoms with Crippen molar-refractivity contribution in [2.75, 3.05) is 7.05 Å². The fraction of sp³-hybridized carbons (Fsp3) is 0.333. The predicted octanol–water partition coefficient (Wildman–Crippen LogP) is 2.23. The molecule has 0 fully saturated rings. The number of benzene rings is 1. The molecule has 0 radical (unpaired) electrons. The maximum absolute atomic E-state index is 4.96. The summed E-state index contributed by atoms with van der Waals surface area (Å²) in [7, 11) is 1.73. The second kappa shape index (κ2) is 7.09. The van der Waals surface area contributed by atoms with Gasteiger partial charge in [0.2, 0.25) is 0 Å². The lowest BCUT2D eigenvalue weighted by Crippen LogP contribution is -2.10. The van der Waals surface area contributed by atoms with Gasteiger partial charge < -0.3 is 4.84 Å². The van der Waals surface area contributed by atoms with Crippen molar-refractivity contribution in [3.8, 4) is 5.75 Å². The highest BCUT2D eigenvalue weighted by atomic mass is 16.6. The third-order valence-electron chi connectivity index (χ3n) is 0.963. The number of nitrogens with one attached hydrogen (secondary N) is 1. The Labute approximate surface area is 68.1 Å². The molecule has 0 aliphatic carbocycles. The monoisotopic (exact) mass is 153 g/mol. The molecule has 2 nitrogen and oxygen atoms in total. The number of rotatable bonds is 2. The zero-order valence-corrected chi connectivity index (χ0v) is 7.29. The Morgan fingerprint density at radius 3 is 2.09 bits per heavy atom. The smallest absolute Gasteiger partial charge is 0.147 e. The van der Waals surface area contributed by atoms with Crippen LogP contribution in [-0.4, -0.2) is 7.05 Å². The van der Waals surface area contributed by atoms with Gasteiger partial charge in [0.15, 0.2) is 0 Å². The average molecular weight is 153 g/mol. The summed E-state index contributed by atoms with van der Waals surface area (Å²) >= 11 is 0. The molecule has 0 saturated heterocycles. The molecule has 0 heterocycles. The molecule has 0 aliphatic heterocycles. The van der Waals surface area contributed by atoms with Gasteiger partial charge in [-0.25, -0.2) is 0 Å². The summed E-state index contributed by atoms with van der Waals surface area (Å²) in [6.45, 7) is 4.00. The third kappa shape index (κ3) is 4.39. The van der Waals surface area contributed by atoms with Gasteiger partial charge in [0.1, 0.15) is 5.75 Å². The van der Waals surface area contributed by atoms with Gasteiger partial charge in [-0.3, -0.25) is 0 Å². The highest BCUT2D eigenvalue weighted by molar-refractivity contribution is 5.20. The fourth-order valence-electron chi connectivity index (χ4n) is 0.606. The molecule has 0 bridgehead atoms. The maximum atomic E-state index is 4.96. The zero-order valence-electron chi connectivity index (χ0n) is 7.29. The summed E-state index contributed by atoms with van der Waals surface area (Å²) in [5.41, 5.74) is 2.58. The summed E-state index contributed by atoms with van der Waals surface area (Å²) in [4.78, 5) is 4.96. The van der Waals surface area contributed by atoms with Crippen molar-refractivity contribution in [2.45, 2.75) is 13.8 Å². The van der Waals surface area contributed by atoms with E-state index in [2.05, 4.69) is 5.48 Å². The SMILES string of the molecule is CC.CNOc1ccccc1. The highest BCUT2D eigenvalue weighted by Gasteiger charge is 1.84. The first-order chi connectivity index (χ1) is 5.43. The summed E-state index contributed by atoms with van der Waals surface area (Å²) in [5, 5.41) is 0. The van der Waals surface area contributed by atoms with E-state index < -0.39 is 0 Å². The minimum absolute atomic E-state index is 0.833. The number of hydroxylamine groups is 1. The fourth-order valence-corrected chi connectivity index (χ4v) is 0.606. The summed E-state index contributed by atoms with van der Waals surface area (Å²) in [5.74, 6) is 0.833. The summed E-state index contributed by atoms with van der Waals surface area (Å²) in [6, 6.07) is 9.56. The number of hydrogen-bond donors (Lipinski definition) is 1. The lowest BCUT2D eigenvalue weighted by Gasteiger charge is -1.99. The van der Waals surface area contributed by atoms with Crippen LogP contribution in [0.3, 0.4) is 0 Å². The summed E-state index contributed by atoms with van der Waals surface area (Å²) < 4.78 is 0. The standard InChI is InChI=1S/C7H9NO.C2H6/c1-8-9-7-5-3-2-4-6-7;1-2/h2-6,8H,1H3;1-2H3. The minimum Gasteiger partial charge on any atom is -0.409 e. The van der Waals surface area contributed by atoms with Crippen LogP contribution in [0.4, 0.5) is 0 Å². The van der Waals surface area contributed by atoms with E-state index in [9.17, 15) is 0 Å². The Balaban J connectivity index is 0.000000461. The number of para-hydroxylation sites is 1. The first-order valence-electron chi connectivity index (χ1n) is 3.82. The predicted molar refractivity (Wildman–Crippen MR) is 47.5 cm³/mol. The van der Waals surface area contributed by atoms with E-state index in [1.54, 1.807) is 7.05 Å². The van der Waals surface area contributed by atoms with E-state index >= 15 is 0 Å². The normalized spacial score (nSPS) is 7.91. The second-order valence-corrected chi connectivity index (χ2v) is 1.62. The number of hydrogen-bond acceptors (Lipinski definition) is 2. The van der Waals surface area contributed by atoms with Crippen LogP contribution in [0.2, 0.25) is 0 Å². The van der Waals surface area contributed by atoms with Gasteiger partial charge in [-0.2, -0.15) is 5.48 Å². The second-order valence-electron chi connectivity index (χ2n) is 1.62. The van der Waals surface area contributed by atoms with Gasteiger partial charge in [-0.05, 0) is 12.1 Å². The molecular formula is C9H15NO. The minimum atomic E-state index is 0.833. The van der Waals surface area contributed by atoms with Gasteiger partial charge in [0, 0.05) is 7.05 Å². The van der Waals surface area contributed by atoms with Crippen molar-refractivity contribution in [3.63, 3.8) is 0 Å². The van der Waals surface area contributed by atoms with Crippen molar-refractivity contribution >= 4 is 0 Å². The molecule has 0 spiro atoms. The van der Waals surface area contributed by atoms with Crippen LogP contribution >= 0.6 is 0 Å². The van der Waals surface area contributed by atoms with Gasteiger partial charge in [0.25, 0.3) is 0 Å². The van der Waals surface area contributed by atoms with Gasteiger partial charge in [-0.1, -0.05) is 32.0 Å². The lowest BCUT2D eigenvalue weighted by molar-refractivity contribution is 0.224. The van der Waals surface area contributed by atoms with E-state index in [-0.39, 0.29) is 0 Å². The van der Waals surface area contributed by atoms with Gasteiger partial charge >= 0.3 is 0 Å². The Morgan fingerprint density at radius 1 is 1.09 bits per heavy atom. The van der Waals surface area contributed by atoms with Crippen LogP contribution < -0.4 is 10.3 Å². The van der Waals surface area contributed by atoms with Crippen molar-refractivity contribution in [2.24, 2.45) is 0 Å². The Hall–Kier alpha value is -1.02. The molecule has 1 aromatic rings.